The Morgan fingerprint density at radius 2 is 0.761 bits per heavy atom. The summed E-state index contributed by atoms with van der Waals surface area (Å²) in [5.74, 6) is -22.0. The van der Waals surface area contributed by atoms with Gasteiger partial charge in [0, 0.05) is 40.0 Å². The number of carboxylic acid groups (broad SMARTS) is 3. The Morgan fingerprint density at radius 3 is 1.19 bits per heavy atom. The predicted molar refractivity (Wildman–Crippen MR) is 331 cm³/mol. The number of hydrogen-bond donors (Lipinski definition) is 30. The summed E-state index contributed by atoms with van der Waals surface area (Å²) in [7, 11) is 0. The summed E-state index contributed by atoms with van der Waals surface area (Å²) in [6.07, 6.45) is -78.6. The summed E-state index contributed by atoms with van der Waals surface area (Å²) in [6, 6.07) is -8.19. The molecule has 30 N–H and O–H groups in total. The third kappa shape index (κ3) is 19.8. The van der Waals surface area contributed by atoms with Gasteiger partial charge in [-0.1, -0.05) is 0 Å². The van der Waals surface area contributed by atoms with Gasteiger partial charge in [-0.25, -0.2) is 14.4 Å². The molecule has 0 radical (unpaired) electrons. The molecule has 109 heavy (non-hydrogen) atoms. The Bertz CT molecular complexity index is 3030. The molecule has 50 nitrogen and oxygen atoms in total. The van der Waals surface area contributed by atoms with Crippen LogP contribution in [0.15, 0.2) is 0 Å². The average Bonchev–Trinajstić information content (AvgIpc) is 0.755. The van der Waals surface area contributed by atoms with E-state index in [-0.39, 0.29) is 0 Å². The topological polar surface area (TPSA) is 814 Å². The third-order valence-electron chi connectivity index (χ3n) is 19.2. The van der Waals surface area contributed by atoms with Crippen molar-refractivity contribution < 1.29 is 228 Å². The van der Waals surface area contributed by atoms with E-state index in [1.807, 2.05) is 5.32 Å². The third-order valence-corrected chi connectivity index (χ3v) is 19.2. The summed E-state index contributed by atoms with van der Waals surface area (Å²) in [5.41, 5.74) is 0. The molecule has 0 unspecified atom stereocenters. The predicted octanol–water partition coefficient (Wildman–Crippen LogP) is -19.1. The molecule has 0 aromatic rings. The number of nitrogens with one attached hydrogen (secondary N) is 4. The van der Waals surface area contributed by atoms with Gasteiger partial charge < -0.3 is 216 Å². The average molecular weight is 1600 g/mol. The maximum Gasteiger partial charge on any atom is 0.364 e. The Hall–Kier alpha value is -5.15. The minimum atomic E-state index is -3.76. The highest BCUT2D eigenvalue weighted by atomic mass is 16.8. The van der Waals surface area contributed by atoms with Gasteiger partial charge in [0.25, 0.3) is 17.4 Å². The molecule has 7 aliphatic heterocycles. The van der Waals surface area contributed by atoms with E-state index < -0.39 is 345 Å². The molecule has 0 spiro atoms. The van der Waals surface area contributed by atoms with Gasteiger partial charge in [-0.15, -0.1) is 0 Å². The molecule has 0 aromatic heterocycles. The van der Waals surface area contributed by atoms with Gasteiger partial charge in [-0.3, -0.25) is 19.2 Å². The molecule has 4 amide bonds. The molecule has 7 saturated heterocycles. The zero-order chi connectivity index (χ0) is 81.5. The van der Waals surface area contributed by atoms with Gasteiger partial charge in [0.05, 0.1) is 82.7 Å². The Balaban J connectivity index is 1.31. The highest BCUT2D eigenvalue weighted by Crippen LogP contribution is 2.44. The first-order valence-electron chi connectivity index (χ1n) is 33.7. The van der Waals surface area contributed by atoms with Gasteiger partial charge in [0.15, 0.2) is 25.2 Å². The second-order valence-electron chi connectivity index (χ2n) is 26.8. The van der Waals surface area contributed by atoms with E-state index in [1.54, 1.807) is 0 Å². The number of aliphatic carboxylic acids is 3. The molecular formula is C59H96N4O46. The molecule has 7 fully saturated rings. The van der Waals surface area contributed by atoms with Gasteiger partial charge in [-0.05, 0) is 0 Å². The van der Waals surface area contributed by atoms with Gasteiger partial charge in [0.1, 0.15) is 159 Å². The molecule has 628 valence electrons. The number of amides is 4. The van der Waals surface area contributed by atoms with E-state index in [0.717, 1.165) is 20.8 Å². The molecule has 7 heterocycles. The molecule has 0 bridgehead atoms. The second-order valence-corrected chi connectivity index (χ2v) is 26.8. The number of aliphatic hydroxyl groups excluding tert-OH is 23. The minimum Gasteiger partial charge on any atom is -0.477 e. The number of rotatable bonds is 33. The van der Waals surface area contributed by atoms with Crippen molar-refractivity contribution in [3.63, 3.8) is 0 Å². The molecule has 38 atom stereocenters. The van der Waals surface area contributed by atoms with Crippen LogP contribution in [0.4, 0.5) is 0 Å². The van der Waals surface area contributed by atoms with Crippen molar-refractivity contribution in [2.75, 3.05) is 52.9 Å². The van der Waals surface area contributed by atoms with Crippen molar-refractivity contribution in [2.45, 2.75) is 272 Å². The Morgan fingerprint density at radius 1 is 0.394 bits per heavy atom. The summed E-state index contributed by atoms with van der Waals surface area (Å²) < 4.78 is 75.6. The van der Waals surface area contributed by atoms with Gasteiger partial charge in [0.2, 0.25) is 23.6 Å². The highest BCUT2D eigenvalue weighted by molar-refractivity contribution is 5.79. The van der Waals surface area contributed by atoms with Crippen molar-refractivity contribution in [3.05, 3.63) is 0 Å². The number of hydrogen-bond acceptors (Lipinski definition) is 43. The largest absolute Gasteiger partial charge is 0.477 e. The smallest absolute Gasteiger partial charge is 0.364 e. The van der Waals surface area contributed by atoms with E-state index in [1.165, 1.54) is 0 Å². The van der Waals surface area contributed by atoms with Gasteiger partial charge >= 0.3 is 17.9 Å². The molecule has 0 aliphatic carbocycles. The zero-order valence-electron chi connectivity index (χ0n) is 57.8. The lowest BCUT2D eigenvalue weighted by Gasteiger charge is -2.53. The van der Waals surface area contributed by atoms with Crippen molar-refractivity contribution in [3.8, 4) is 0 Å². The quantitative estimate of drug-likeness (QED) is 0.0290. The fraction of sp³-hybridized carbons (Fsp3) is 0.881. The molecular weight excluding hydrogens is 1500 g/mol. The fourth-order valence-electron chi connectivity index (χ4n) is 13.7. The van der Waals surface area contributed by atoms with E-state index in [4.69, 9.17) is 61.6 Å². The van der Waals surface area contributed by atoms with Crippen LogP contribution >= 0.6 is 0 Å². The van der Waals surface area contributed by atoms with Crippen LogP contribution in [0.1, 0.15) is 40.0 Å². The number of aliphatic hydroxyl groups is 23. The normalized spacial score (nSPS) is 43.1. The maximum absolute atomic E-state index is 14.2. The second kappa shape index (κ2) is 38.3. The molecule has 7 rings (SSSR count). The van der Waals surface area contributed by atoms with Crippen LogP contribution in [0.2, 0.25) is 0 Å². The fourth-order valence-corrected chi connectivity index (χ4v) is 13.7. The van der Waals surface area contributed by atoms with Gasteiger partial charge in [-0.2, -0.15) is 0 Å². The Kier molecular flexibility index (Phi) is 32.0. The van der Waals surface area contributed by atoms with Crippen LogP contribution in [0.5, 0.6) is 0 Å². The maximum atomic E-state index is 14.2. The number of carboxylic acids is 3. The van der Waals surface area contributed by atoms with Crippen LogP contribution in [0, 0.1) is 0 Å². The summed E-state index contributed by atoms with van der Waals surface area (Å²) >= 11 is 0. The highest BCUT2D eigenvalue weighted by Gasteiger charge is 2.66. The monoisotopic (exact) mass is 1600 g/mol. The standard InChI is InChI=1S/C59H96N4O46/c1-15(72)60-29-18(75)4-57(54(91)92,105-45(29)33(81)21(78)7-64)104-25(11-68)37(85)47-30(61-16(2)73)19(76)5-59(107-47,56(95)96)109-49-41(89)53(101-42-26(12-69)97-50(90)39(87)38(42)86)100-27(13-70)43(49)102-51-32(62-17(3)74)44(35(83)23(9-66)98-51)103-52-40(88)48(36(84)24(10-67)99-52)108-58(55(93)94)6-20(77)31(63-28(80)14-71)46(106-58)34(82)22(79)8-65/h18-27,29-53,64-71,75-79,81-90H,4-14H2,1-3H3,(H,60,72)(H,61,73)(H,62,74)(H,63,80)(H,91,92)(H,93,94)(H,95,96)/t18-,19-,20-,21+,22+,23+,24+,25+,26+,27+,29+,30+,31+,32+,33+,34+,35-,36-,37+,38+,39+,40+,41+,42+,43-,44+,45+,46+,47+,48-,49+,50+,51-,52-,53-,57+,58-,59-/m0/s1. The lowest BCUT2D eigenvalue weighted by Crippen LogP contribution is -2.73. The summed E-state index contributed by atoms with van der Waals surface area (Å²) in [6.45, 7) is -8.22. The summed E-state index contributed by atoms with van der Waals surface area (Å²) in [4.78, 5) is 91.8. The van der Waals surface area contributed by atoms with Crippen LogP contribution in [0.3, 0.4) is 0 Å². The van der Waals surface area contributed by atoms with Crippen molar-refractivity contribution in [1.29, 1.82) is 0 Å². The van der Waals surface area contributed by atoms with Crippen molar-refractivity contribution in [1.82, 2.24) is 21.3 Å². The molecule has 7 aliphatic rings. The van der Waals surface area contributed by atoms with Crippen LogP contribution in [0.25, 0.3) is 0 Å². The van der Waals surface area contributed by atoms with E-state index in [9.17, 15) is 166 Å². The van der Waals surface area contributed by atoms with Crippen molar-refractivity contribution >= 4 is 41.5 Å². The van der Waals surface area contributed by atoms with E-state index in [0.29, 0.717) is 0 Å². The minimum absolute atomic E-state index is 0.799. The zero-order valence-corrected chi connectivity index (χ0v) is 57.8. The van der Waals surface area contributed by atoms with E-state index >= 15 is 0 Å². The Labute approximate surface area is 613 Å². The van der Waals surface area contributed by atoms with Crippen LogP contribution in [-0.2, 0) is 95.1 Å². The molecule has 0 saturated carbocycles. The SMILES string of the molecule is CC(=O)N[C@H]1[C@H](O[C@@H]2[C@H](O[C@]3(C(=O)O)C[C@H](O)[C@@H](NC(C)=O)[C@H]([C@H](O)[C@@H](CO)O[C@]4(C(=O)O)C[C@H](O)[C@@H](NC(C)=O)[C@H]([C@H](O)[C@H](O)CO)O4)O3)[C@@H](O)[C@H](O[C@H]3[C@H](O)[C@@H](O)[C@H](O)O[C@@H]3CO)O[C@@H]2CO)O[C@H](CO)[C@H](O)[C@@H]1O[C@@H]1O[C@H](CO)[C@H](O)[C@H](O[C@]2(C(=O)O)C[C@H](O)[C@@H](NC(=O)CO)[C@H]([C@H](O)[C@H](O)CO)O2)[C@H]1O. The van der Waals surface area contributed by atoms with Crippen molar-refractivity contribution in [2.24, 2.45) is 0 Å². The number of carbonyl (C=O) groups is 7. The lowest BCUT2D eigenvalue weighted by atomic mass is 9.87. The first kappa shape index (κ1) is 91.0. The lowest BCUT2D eigenvalue weighted by molar-refractivity contribution is -0.405. The molecule has 0 aromatic carbocycles. The molecule has 50 heteroatoms. The number of carbonyl (C=O) groups excluding carboxylic acids is 4. The van der Waals surface area contributed by atoms with E-state index in [2.05, 4.69) is 16.0 Å². The first-order valence-corrected chi connectivity index (χ1v) is 33.7. The number of ether oxygens (including phenoxy) is 13. The first-order chi connectivity index (χ1) is 51.1. The van der Waals surface area contributed by atoms with Crippen LogP contribution in [-0.4, -0.2) is 459 Å². The summed E-state index contributed by atoms with van der Waals surface area (Å²) in [5, 5.41) is 295. The van der Waals surface area contributed by atoms with Crippen LogP contribution < -0.4 is 21.3 Å².